The van der Waals surface area contributed by atoms with Gasteiger partial charge in [-0.25, -0.2) is 19.9 Å². The van der Waals surface area contributed by atoms with Crippen molar-refractivity contribution in [3.63, 3.8) is 0 Å². The molecule has 15 heavy (non-hydrogen) atoms. The number of hydrogen-bond acceptors (Lipinski definition) is 4. The predicted octanol–water partition coefficient (Wildman–Crippen LogP) is 2.11. The second kappa shape index (κ2) is 3.88. The van der Waals surface area contributed by atoms with E-state index in [0.29, 0.717) is 11.6 Å². The minimum Gasteiger partial charge on any atom is -0.249 e. The Morgan fingerprint density at radius 3 is 2.53 bits per heavy atom. The van der Waals surface area contributed by atoms with E-state index in [-0.39, 0.29) is 0 Å². The second-order valence-electron chi connectivity index (χ2n) is 3.76. The van der Waals surface area contributed by atoms with Crippen LogP contribution in [0.2, 0.25) is 0 Å². The van der Waals surface area contributed by atoms with Crippen molar-refractivity contribution in [3.05, 3.63) is 23.9 Å². The molecule has 0 aromatic carbocycles. The molecule has 0 amide bonds. The van der Waals surface area contributed by atoms with Crippen molar-refractivity contribution in [2.45, 2.75) is 33.1 Å². The van der Waals surface area contributed by atoms with E-state index in [1.807, 2.05) is 6.92 Å². The lowest BCUT2D eigenvalue weighted by Crippen LogP contribution is -2.04. The topological polar surface area (TPSA) is 51.6 Å². The molecule has 2 aromatic rings. The van der Waals surface area contributed by atoms with Crippen molar-refractivity contribution in [3.8, 4) is 0 Å². The highest BCUT2D eigenvalue weighted by atomic mass is 15.0. The molecule has 0 N–H and O–H groups in total. The Morgan fingerprint density at radius 1 is 1.13 bits per heavy atom. The Hall–Kier alpha value is -1.58. The van der Waals surface area contributed by atoms with Gasteiger partial charge in [-0.05, 0) is 5.92 Å². The zero-order chi connectivity index (χ0) is 10.8. The summed E-state index contributed by atoms with van der Waals surface area (Å²) in [6.07, 6.45) is 4.17. The number of nitrogens with zero attached hydrogens (tertiary/aromatic N) is 4. The minimum absolute atomic E-state index is 0.345. The Bertz CT molecular complexity index is 479. The van der Waals surface area contributed by atoms with Crippen molar-refractivity contribution in [2.24, 2.45) is 0 Å². The van der Waals surface area contributed by atoms with Gasteiger partial charge in [-0.3, -0.25) is 0 Å². The fourth-order valence-electron chi connectivity index (χ4n) is 1.49. The highest BCUT2D eigenvalue weighted by Gasteiger charge is 2.11. The van der Waals surface area contributed by atoms with E-state index < -0.39 is 0 Å². The van der Waals surface area contributed by atoms with Crippen LogP contribution in [-0.2, 0) is 6.42 Å². The molecule has 4 nitrogen and oxygen atoms in total. The molecular formula is C11H14N4. The molecule has 4 heteroatoms. The molecule has 2 aromatic heterocycles. The SMILES string of the molecule is CCc1nc(C(C)C)c2nccnc2n1. The molecule has 0 radical (unpaired) electrons. The highest BCUT2D eigenvalue weighted by molar-refractivity contribution is 5.72. The fourth-order valence-corrected chi connectivity index (χ4v) is 1.49. The third-order valence-electron chi connectivity index (χ3n) is 2.27. The molecular weight excluding hydrogens is 188 g/mol. The van der Waals surface area contributed by atoms with Crippen molar-refractivity contribution in [1.82, 2.24) is 19.9 Å². The minimum atomic E-state index is 0.345. The molecule has 2 heterocycles. The number of fused-ring (bicyclic) bond motifs is 1. The number of rotatable bonds is 2. The first-order valence-corrected chi connectivity index (χ1v) is 5.20. The van der Waals surface area contributed by atoms with Crippen LogP contribution in [0.15, 0.2) is 12.4 Å². The first-order chi connectivity index (χ1) is 7.22. The summed E-state index contributed by atoms with van der Waals surface area (Å²) in [5, 5.41) is 0. The van der Waals surface area contributed by atoms with Crippen molar-refractivity contribution >= 4 is 11.2 Å². The smallest absolute Gasteiger partial charge is 0.181 e. The van der Waals surface area contributed by atoms with Crippen LogP contribution in [0.5, 0.6) is 0 Å². The quantitative estimate of drug-likeness (QED) is 0.748. The van der Waals surface area contributed by atoms with Crippen LogP contribution in [0.25, 0.3) is 11.2 Å². The monoisotopic (exact) mass is 202 g/mol. The van der Waals surface area contributed by atoms with Crippen LogP contribution in [0.3, 0.4) is 0 Å². The van der Waals surface area contributed by atoms with Crippen molar-refractivity contribution in [1.29, 1.82) is 0 Å². The molecule has 0 spiro atoms. The molecule has 0 unspecified atom stereocenters. The molecule has 0 aliphatic heterocycles. The van der Waals surface area contributed by atoms with Crippen LogP contribution in [0, 0.1) is 0 Å². The van der Waals surface area contributed by atoms with E-state index in [2.05, 4.69) is 33.8 Å². The van der Waals surface area contributed by atoms with Crippen molar-refractivity contribution in [2.75, 3.05) is 0 Å². The Labute approximate surface area is 88.8 Å². The van der Waals surface area contributed by atoms with E-state index >= 15 is 0 Å². The number of aryl methyl sites for hydroxylation is 1. The van der Waals surface area contributed by atoms with Crippen LogP contribution >= 0.6 is 0 Å². The van der Waals surface area contributed by atoms with E-state index in [1.165, 1.54) is 0 Å². The summed E-state index contributed by atoms with van der Waals surface area (Å²) in [7, 11) is 0. The zero-order valence-electron chi connectivity index (χ0n) is 9.23. The molecule has 0 bridgehead atoms. The maximum atomic E-state index is 4.51. The molecule has 0 aliphatic rings. The molecule has 2 rings (SSSR count). The standard InChI is InChI=1S/C11H14N4/c1-4-8-14-9(7(2)3)10-11(15-8)13-6-5-12-10/h5-7H,4H2,1-3H3. The third kappa shape index (κ3) is 1.79. The van der Waals surface area contributed by atoms with Gasteiger partial charge in [-0.15, -0.1) is 0 Å². The van der Waals surface area contributed by atoms with E-state index in [9.17, 15) is 0 Å². The van der Waals surface area contributed by atoms with Gasteiger partial charge in [0.25, 0.3) is 0 Å². The van der Waals surface area contributed by atoms with Crippen LogP contribution in [0.4, 0.5) is 0 Å². The molecule has 0 saturated carbocycles. The maximum absolute atomic E-state index is 4.51. The summed E-state index contributed by atoms with van der Waals surface area (Å²) in [5.41, 5.74) is 2.52. The lowest BCUT2D eigenvalue weighted by Gasteiger charge is -2.08. The van der Waals surface area contributed by atoms with Gasteiger partial charge in [0.1, 0.15) is 11.3 Å². The van der Waals surface area contributed by atoms with Gasteiger partial charge < -0.3 is 0 Å². The Kier molecular flexibility index (Phi) is 2.58. The van der Waals surface area contributed by atoms with Crippen LogP contribution in [0.1, 0.15) is 38.2 Å². The largest absolute Gasteiger partial charge is 0.249 e. The van der Waals surface area contributed by atoms with Crippen molar-refractivity contribution < 1.29 is 0 Å². The average Bonchev–Trinajstić information content (AvgIpc) is 2.27. The van der Waals surface area contributed by atoms with Crippen LogP contribution < -0.4 is 0 Å². The van der Waals surface area contributed by atoms with Gasteiger partial charge in [-0.2, -0.15) is 0 Å². The normalized spacial score (nSPS) is 11.2. The molecule has 78 valence electrons. The summed E-state index contributed by atoms with van der Waals surface area (Å²) < 4.78 is 0. The number of hydrogen-bond donors (Lipinski definition) is 0. The number of aromatic nitrogens is 4. The van der Waals surface area contributed by atoms with Crippen LogP contribution in [-0.4, -0.2) is 19.9 Å². The maximum Gasteiger partial charge on any atom is 0.181 e. The summed E-state index contributed by atoms with van der Waals surface area (Å²) in [5.74, 6) is 1.18. The summed E-state index contributed by atoms with van der Waals surface area (Å²) in [6, 6.07) is 0. The lowest BCUT2D eigenvalue weighted by molar-refractivity contribution is 0.796. The van der Waals surface area contributed by atoms with Gasteiger partial charge in [0, 0.05) is 18.8 Å². The van der Waals surface area contributed by atoms with Gasteiger partial charge in [0.05, 0.1) is 5.69 Å². The second-order valence-corrected chi connectivity index (χ2v) is 3.76. The molecule has 0 atom stereocenters. The fraction of sp³-hybridized carbons (Fsp3) is 0.455. The first kappa shape index (κ1) is 9.96. The molecule has 0 aliphatic carbocycles. The summed E-state index contributed by atoms with van der Waals surface area (Å²) in [6.45, 7) is 6.26. The molecule has 0 fully saturated rings. The lowest BCUT2D eigenvalue weighted by atomic mass is 10.1. The van der Waals surface area contributed by atoms with Gasteiger partial charge in [0.15, 0.2) is 5.65 Å². The van der Waals surface area contributed by atoms with Gasteiger partial charge in [0.2, 0.25) is 0 Å². The van der Waals surface area contributed by atoms with E-state index in [0.717, 1.165) is 23.5 Å². The third-order valence-corrected chi connectivity index (χ3v) is 2.27. The summed E-state index contributed by atoms with van der Waals surface area (Å²) in [4.78, 5) is 17.4. The Morgan fingerprint density at radius 2 is 1.87 bits per heavy atom. The average molecular weight is 202 g/mol. The Balaban J connectivity index is 2.74. The summed E-state index contributed by atoms with van der Waals surface area (Å²) >= 11 is 0. The van der Waals surface area contributed by atoms with E-state index in [4.69, 9.17) is 0 Å². The first-order valence-electron chi connectivity index (χ1n) is 5.20. The molecule has 0 saturated heterocycles. The van der Waals surface area contributed by atoms with E-state index in [1.54, 1.807) is 12.4 Å². The predicted molar refractivity (Wildman–Crippen MR) is 58.6 cm³/mol. The highest BCUT2D eigenvalue weighted by Crippen LogP contribution is 2.19. The zero-order valence-corrected chi connectivity index (χ0v) is 9.23. The van der Waals surface area contributed by atoms with Gasteiger partial charge in [-0.1, -0.05) is 20.8 Å². The van der Waals surface area contributed by atoms with Gasteiger partial charge >= 0.3 is 0 Å².